The van der Waals surface area contributed by atoms with Gasteiger partial charge in [0.25, 0.3) is 0 Å². The molecule has 9 rings (SSSR count). The van der Waals surface area contributed by atoms with Crippen molar-refractivity contribution in [3.05, 3.63) is 212 Å². The van der Waals surface area contributed by atoms with Crippen LogP contribution in [0.2, 0.25) is 0 Å². The number of para-hydroxylation sites is 1. The second kappa shape index (κ2) is 13.3. The van der Waals surface area contributed by atoms with E-state index in [1.165, 1.54) is 66.1 Å². The summed E-state index contributed by atoms with van der Waals surface area (Å²) in [5.74, 6) is 0. The minimum Gasteiger partial charge on any atom is -0.310 e. The lowest BCUT2D eigenvalue weighted by atomic mass is 9.96. The largest absolute Gasteiger partial charge is 0.310 e. The molecule has 1 nitrogen and oxygen atoms in total. The van der Waals surface area contributed by atoms with Gasteiger partial charge in [0, 0.05) is 16.9 Å². The van der Waals surface area contributed by atoms with Crippen LogP contribution in [-0.2, 0) is 0 Å². The minimum absolute atomic E-state index is 1.10. The Bertz CT molecular complexity index is 2610. The van der Waals surface area contributed by atoms with E-state index in [9.17, 15) is 0 Å². The number of nitrogens with zero attached hydrogens (tertiary/aromatic N) is 1. The molecule has 0 atom stereocenters. The molecule has 0 amide bonds. The van der Waals surface area contributed by atoms with E-state index < -0.39 is 0 Å². The van der Waals surface area contributed by atoms with Crippen LogP contribution in [-0.4, -0.2) is 0 Å². The fourth-order valence-corrected chi connectivity index (χ4v) is 7.37. The summed E-state index contributed by atoms with van der Waals surface area (Å²) in [5.41, 5.74) is 13.0. The lowest BCUT2D eigenvalue weighted by Crippen LogP contribution is -2.11. The first-order chi connectivity index (χ1) is 25.3. The third-order valence-electron chi connectivity index (χ3n) is 9.88. The van der Waals surface area contributed by atoms with Gasteiger partial charge in [-0.3, -0.25) is 0 Å². The monoisotopic (exact) mass is 649 g/mol. The Morgan fingerprint density at radius 3 is 1.41 bits per heavy atom. The highest BCUT2D eigenvalue weighted by Gasteiger charge is 2.18. The first kappa shape index (κ1) is 30.4. The van der Waals surface area contributed by atoms with E-state index in [1.54, 1.807) is 0 Å². The Morgan fingerprint density at radius 2 is 0.706 bits per heavy atom. The van der Waals surface area contributed by atoms with Gasteiger partial charge in [-0.1, -0.05) is 182 Å². The van der Waals surface area contributed by atoms with E-state index in [0.717, 1.165) is 17.1 Å². The SMILES string of the molecule is c1ccc(-c2ccc(-c3ccccc3N(c3ccc(-c4cccc5ccccc45)cc3)c3cccc(-c4cccc5ccccc45)c3)cc2)cc1. The van der Waals surface area contributed by atoms with Crippen LogP contribution >= 0.6 is 0 Å². The van der Waals surface area contributed by atoms with Crippen molar-refractivity contribution in [1.29, 1.82) is 0 Å². The van der Waals surface area contributed by atoms with E-state index in [0.29, 0.717) is 0 Å². The van der Waals surface area contributed by atoms with Gasteiger partial charge in [-0.05, 0) is 90.8 Å². The van der Waals surface area contributed by atoms with Crippen LogP contribution in [0.25, 0.3) is 66.1 Å². The molecule has 9 aromatic carbocycles. The Hall–Kier alpha value is -6.70. The highest BCUT2D eigenvalue weighted by atomic mass is 15.1. The van der Waals surface area contributed by atoms with Crippen LogP contribution < -0.4 is 4.90 Å². The first-order valence-corrected chi connectivity index (χ1v) is 17.5. The molecule has 0 fully saturated rings. The van der Waals surface area contributed by atoms with Crippen molar-refractivity contribution < 1.29 is 0 Å². The highest BCUT2D eigenvalue weighted by molar-refractivity contribution is 5.99. The zero-order valence-electron chi connectivity index (χ0n) is 28.2. The zero-order chi connectivity index (χ0) is 34.0. The summed E-state index contributed by atoms with van der Waals surface area (Å²) in [5, 5.41) is 5.00. The maximum atomic E-state index is 2.40. The van der Waals surface area contributed by atoms with Gasteiger partial charge in [0.15, 0.2) is 0 Å². The Labute approximate surface area is 299 Å². The summed E-state index contributed by atoms with van der Waals surface area (Å²) >= 11 is 0. The normalized spacial score (nSPS) is 11.1. The fourth-order valence-electron chi connectivity index (χ4n) is 7.37. The van der Waals surface area contributed by atoms with E-state index in [-0.39, 0.29) is 0 Å². The van der Waals surface area contributed by atoms with Crippen LogP contribution in [0.15, 0.2) is 212 Å². The molecule has 0 bridgehead atoms. The minimum atomic E-state index is 1.10. The molecule has 0 saturated carbocycles. The van der Waals surface area contributed by atoms with Crippen LogP contribution in [0.4, 0.5) is 17.1 Å². The third-order valence-corrected chi connectivity index (χ3v) is 9.88. The summed E-state index contributed by atoms with van der Waals surface area (Å²) in [4.78, 5) is 2.40. The number of hydrogen-bond donors (Lipinski definition) is 0. The third kappa shape index (κ3) is 5.86. The summed E-state index contributed by atoms with van der Waals surface area (Å²) in [7, 11) is 0. The molecule has 0 saturated heterocycles. The topological polar surface area (TPSA) is 3.24 Å². The van der Waals surface area contributed by atoms with Crippen molar-refractivity contribution in [2.24, 2.45) is 0 Å². The predicted molar refractivity (Wildman–Crippen MR) is 218 cm³/mol. The average Bonchev–Trinajstić information content (AvgIpc) is 3.21. The molecule has 0 aliphatic carbocycles. The maximum Gasteiger partial charge on any atom is 0.0540 e. The predicted octanol–water partition coefficient (Wildman–Crippen LogP) is 14.1. The summed E-state index contributed by atoms with van der Waals surface area (Å²) < 4.78 is 0. The molecule has 0 radical (unpaired) electrons. The Balaban J connectivity index is 1.19. The highest BCUT2D eigenvalue weighted by Crippen LogP contribution is 2.43. The van der Waals surface area contributed by atoms with Gasteiger partial charge in [-0.15, -0.1) is 0 Å². The molecule has 51 heavy (non-hydrogen) atoms. The average molecular weight is 650 g/mol. The van der Waals surface area contributed by atoms with Gasteiger partial charge in [-0.2, -0.15) is 0 Å². The van der Waals surface area contributed by atoms with Gasteiger partial charge >= 0.3 is 0 Å². The molecule has 0 spiro atoms. The standard InChI is InChI=1S/C50H35N/c1-2-13-36(14-3-1)37-27-29-41(30-28-37)49-23-8-9-26-50(49)51(43-33-31-40(32-34-43)47-24-11-17-38-15-4-6-21-45(38)47)44-20-10-19-42(35-44)48-25-12-18-39-16-5-7-22-46(39)48/h1-35H. The molecule has 0 N–H and O–H groups in total. The van der Waals surface area contributed by atoms with E-state index in [1.807, 2.05) is 0 Å². The van der Waals surface area contributed by atoms with Gasteiger partial charge in [0.2, 0.25) is 0 Å². The van der Waals surface area contributed by atoms with Gasteiger partial charge in [0.05, 0.1) is 5.69 Å². The lowest BCUT2D eigenvalue weighted by molar-refractivity contribution is 1.28. The Kier molecular flexibility index (Phi) is 7.92. The fraction of sp³-hybridized carbons (Fsp3) is 0. The molecular formula is C50H35N. The molecule has 0 unspecified atom stereocenters. The zero-order valence-corrected chi connectivity index (χ0v) is 28.2. The molecule has 0 aliphatic rings. The van der Waals surface area contributed by atoms with Gasteiger partial charge < -0.3 is 4.90 Å². The molecular weight excluding hydrogens is 615 g/mol. The second-order valence-corrected chi connectivity index (χ2v) is 12.9. The van der Waals surface area contributed by atoms with Gasteiger partial charge in [-0.25, -0.2) is 0 Å². The number of rotatable bonds is 7. The van der Waals surface area contributed by atoms with E-state index in [4.69, 9.17) is 0 Å². The smallest absolute Gasteiger partial charge is 0.0540 e. The molecule has 240 valence electrons. The molecule has 0 heterocycles. The molecule has 0 aromatic heterocycles. The van der Waals surface area contributed by atoms with Crippen molar-refractivity contribution in [1.82, 2.24) is 0 Å². The number of hydrogen-bond acceptors (Lipinski definition) is 1. The Morgan fingerprint density at radius 1 is 0.255 bits per heavy atom. The molecule has 1 heteroatoms. The van der Waals surface area contributed by atoms with E-state index in [2.05, 4.69) is 217 Å². The first-order valence-electron chi connectivity index (χ1n) is 17.5. The van der Waals surface area contributed by atoms with Crippen LogP contribution in [0.5, 0.6) is 0 Å². The lowest BCUT2D eigenvalue weighted by Gasteiger charge is -2.28. The summed E-state index contributed by atoms with van der Waals surface area (Å²) in [6.07, 6.45) is 0. The molecule has 0 aliphatic heterocycles. The van der Waals surface area contributed by atoms with Gasteiger partial charge in [0.1, 0.15) is 0 Å². The second-order valence-electron chi connectivity index (χ2n) is 12.9. The summed E-state index contributed by atoms with van der Waals surface area (Å²) in [6, 6.07) is 76.6. The number of fused-ring (bicyclic) bond motifs is 2. The van der Waals surface area contributed by atoms with E-state index >= 15 is 0 Å². The van der Waals surface area contributed by atoms with Crippen molar-refractivity contribution in [2.75, 3.05) is 4.90 Å². The van der Waals surface area contributed by atoms with Crippen molar-refractivity contribution in [3.8, 4) is 44.5 Å². The van der Waals surface area contributed by atoms with Crippen molar-refractivity contribution in [2.45, 2.75) is 0 Å². The van der Waals surface area contributed by atoms with Crippen molar-refractivity contribution >= 4 is 38.6 Å². The number of benzene rings is 9. The summed E-state index contributed by atoms with van der Waals surface area (Å²) in [6.45, 7) is 0. The molecule has 9 aromatic rings. The van der Waals surface area contributed by atoms with Crippen LogP contribution in [0, 0.1) is 0 Å². The quantitative estimate of drug-likeness (QED) is 0.166. The van der Waals surface area contributed by atoms with Crippen LogP contribution in [0.1, 0.15) is 0 Å². The van der Waals surface area contributed by atoms with Crippen LogP contribution in [0.3, 0.4) is 0 Å². The maximum absolute atomic E-state index is 2.40. The van der Waals surface area contributed by atoms with Crippen molar-refractivity contribution in [3.63, 3.8) is 0 Å². The number of anilines is 3.